The Morgan fingerprint density at radius 1 is 1.25 bits per heavy atom. The quantitative estimate of drug-likeness (QED) is 0.490. The molecule has 1 saturated heterocycles. The van der Waals surface area contributed by atoms with Gasteiger partial charge in [-0.2, -0.15) is 0 Å². The summed E-state index contributed by atoms with van der Waals surface area (Å²) in [6, 6.07) is 13.5. The molecule has 1 aromatic heterocycles. The molecule has 3 aromatic rings. The van der Waals surface area contributed by atoms with Crippen molar-refractivity contribution in [3.05, 3.63) is 64.5 Å². The van der Waals surface area contributed by atoms with Crippen LogP contribution < -0.4 is 15.5 Å². The molecule has 1 aliphatic heterocycles. The number of aliphatic hydroxyl groups is 1. The summed E-state index contributed by atoms with van der Waals surface area (Å²) in [5, 5.41) is 17.3. The van der Waals surface area contributed by atoms with Gasteiger partial charge in [-0.25, -0.2) is 18.6 Å². The van der Waals surface area contributed by atoms with Crippen LogP contribution in [0.5, 0.6) is 0 Å². The Morgan fingerprint density at radius 2 is 2.00 bits per heavy atom. The van der Waals surface area contributed by atoms with Crippen molar-refractivity contribution in [1.29, 1.82) is 0 Å². The number of halogens is 2. The second-order valence-corrected chi connectivity index (χ2v) is 8.23. The van der Waals surface area contributed by atoms with Gasteiger partial charge in [0, 0.05) is 16.6 Å². The first-order valence-corrected chi connectivity index (χ1v) is 10.7. The third-order valence-electron chi connectivity index (χ3n) is 5.06. The molecular weight excluding hydrogens is 434 g/mol. The van der Waals surface area contributed by atoms with Crippen molar-refractivity contribution < 1.29 is 18.7 Å². The number of amides is 2. The maximum atomic E-state index is 13.6. The van der Waals surface area contributed by atoms with Crippen LogP contribution in [0.4, 0.5) is 25.1 Å². The molecule has 1 aliphatic rings. The van der Waals surface area contributed by atoms with Crippen LogP contribution >= 0.6 is 11.3 Å². The summed E-state index contributed by atoms with van der Waals surface area (Å²) in [7, 11) is 0. The number of nitrogens with zero attached hydrogens (tertiary/aromatic N) is 2. The minimum absolute atomic E-state index is 0.291. The number of hydrogen-bond donors (Lipinski definition) is 3. The predicted molar refractivity (Wildman–Crippen MR) is 121 cm³/mol. The van der Waals surface area contributed by atoms with Crippen molar-refractivity contribution >= 4 is 28.9 Å². The fourth-order valence-electron chi connectivity index (χ4n) is 3.53. The summed E-state index contributed by atoms with van der Waals surface area (Å²) in [5.41, 5.74) is 2.87. The third-order valence-corrected chi connectivity index (χ3v) is 5.83. The lowest BCUT2D eigenvalue weighted by atomic mass is 9.96. The van der Waals surface area contributed by atoms with E-state index in [0.29, 0.717) is 22.1 Å². The molecule has 0 unspecified atom stereocenters. The fourth-order valence-corrected chi connectivity index (χ4v) is 4.09. The average Bonchev–Trinajstić information content (AvgIpc) is 3.23. The molecule has 164 valence electrons. The molecule has 0 saturated carbocycles. The number of nitrogens with one attached hydrogen (secondary N) is 2. The van der Waals surface area contributed by atoms with Crippen LogP contribution in [0.25, 0.3) is 11.1 Å². The van der Waals surface area contributed by atoms with E-state index in [9.17, 15) is 18.7 Å². The number of alkyl halides is 2. The van der Waals surface area contributed by atoms with Crippen LogP contribution in [0, 0.1) is 12.3 Å². The Bertz CT molecular complexity index is 1150. The van der Waals surface area contributed by atoms with Gasteiger partial charge < -0.3 is 15.3 Å². The van der Waals surface area contributed by atoms with E-state index in [4.69, 9.17) is 6.42 Å². The summed E-state index contributed by atoms with van der Waals surface area (Å²) >= 11 is 1.21. The van der Waals surface area contributed by atoms with Gasteiger partial charge in [0.1, 0.15) is 5.82 Å². The van der Waals surface area contributed by atoms with E-state index >= 15 is 0 Å². The van der Waals surface area contributed by atoms with Crippen LogP contribution in [-0.2, 0) is 0 Å². The Hall–Kier alpha value is -3.48. The van der Waals surface area contributed by atoms with Gasteiger partial charge in [-0.3, -0.25) is 5.32 Å². The number of urea groups is 1. The number of benzene rings is 2. The molecule has 0 aliphatic carbocycles. The highest BCUT2D eigenvalue weighted by Crippen LogP contribution is 2.38. The number of hydrogen-bond acceptors (Lipinski definition) is 5. The number of carbonyl (C=O) groups excluding carboxylic acids is 1. The van der Waals surface area contributed by atoms with Gasteiger partial charge in [0.15, 0.2) is 5.01 Å². The SMILES string of the molecule is C#Cc1nc(NC(=O)N[C@@H](CO)c2ccc(-c3ccccc3)cc2N2CC(F)(F)C2)cs1. The number of rotatable bonds is 6. The van der Waals surface area contributed by atoms with Crippen LogP contribution in [0.3, 0.4) is 0 Å². The molecule has 0 spiro atoms. The number of aliphatic hydroxyl groups excluding tert-OH is 1. The third kappa shape index (κ3) is 4.72. The molecule has 1 fully saturated rings. The molecule has 3 N–H and O–H groups in total. The van der Waals surface area contributed by atoms with E-state index in [1.807, 2.05) is 42.5 Å². The van der Waals surface area contributed by atoms with Crippen molar-refractivity contribution in [3.8, 4) is 23.5 Å². The number of aromatic nitrogens is 1. The van der Waals surface area contributed by atoms with Crippen molar-refractivity contribution in [2.24, 2.45) is 0 Å². The molecule has 0 bridgehead atoms. The van der Waals surface area contributed by atoms with Crippen molar-refractivity contribution in [3.63, 3.8) is 0 Å². The van der Waals surface area contributed by atoms with Crippen molar-refractivity contribution in [1.82, 2.24) is 10.3 Å². The molecule has 0 radical (unpaired) electrons. The summed E-state index contributed by atoms with van der Waals surface area (Å²) in [4.78, 5) is 18.1. The Kier molecular flexibility index (Phi) is 6.08. The van der Waals surface area contributed by atoms with Gasteiger partial charge in [0.2, 0.25) is 0 Å². The Balaban J connectivity index is 1.59. The molecule has 2 heterocycles. The highest BCUT2D eigenvalue weighted by Gasteiger charge is 2.45. The van der Waals surface area contributed by atoms with E-state index < -0.39 is 37.7 Å². The first-order chi connectivity index (χ1) is 15.4. The van der Waals surface area contributed by atoms with E-state index in [-0.39, 0.29) is 0 Å². The van der Waals surface area contributed by atoms with Crippen LogP contribution in [0.15, 0.2) is 53.9 Å². The summed E-state index contributed by atoms with van der Waals surface area (Å²) < 4.78 is 27.2. The van der Waals surface area contributed by atoms with Gasteiger partial charge in [0.05, 0.1) is 25.7 Å². The topological polar surface area (TPSA) is 77.5 Å². The van der Waals surface area contributed by atoms with Crippen LogP contribution in [0.2, 0.25) is 0 Å². The monoisotopic (exact) mass is 454 g/mol. The highest BCUT2D eigenvalue weighted by atomic mass is 32.1. The van der Waals surface area contributed by atoms with E-state index in [1.165, 1.54) is 11.3 Å². The molecule has 6 nitrogen and oxygen atoms in total. The normalized spacial score (nSPS) is 15.4. The number of thiazole rings is 1. The van der Waals surface area contributed by atoms with Gasteiger partial charge in [-0.15, -0.1) is 17.8 Å². The maximum absolute atomic E-state index is 13.6. The first-order valence-electron chi connectivity index (χ1n) is 9.81. The first kappa shape index (κ1) is 21.7. The van der Waals surface area contributed by atoms with Gasteiger partial charge in [-0.1, -0.05) is 42.5 Å². The van der Waals surface area contributed by atoms with Gasteiger partial charge in [-0.05, 0) is 23.1 Å². The molecule has 9 heteroatoms. The zero-order valence-electron chi connectivity index (χ0n) is 16.9. The molecule has 32 heavy (non-hydrogen) atoms. The molecule has 2 aromatic carbocycles. The summed E-state index contributed by atoms with van der Waals surface area (Å²) in [6.07, 6.45) is 5.29. The van der Waals surface area contributed by atoms with Crippen molar-refractivity contribution in [2.45, 2.75) is 12.0 Å². The van der Waals surface area contributed by atoms with Crippen LogP contribution in [-0.4, -0.2) is 41.7 Å². The van der Waals surface area contributed by atoms with Gasteiger partial charge in [0.25, 0.3) is 5.92 Å². The zero-order valence-corrected chi connectivity index (χ0v) is 17.7. The predicted octanol–water partition coefficient (Wildman–Crippen LogP) is 4.10. The lowest BCUT2D eigenvalue weighted by Gasteiger charge is -2.42. The number of carbonyl (C=O) groups is 1. The summed E-state index contributed by atoms with van der Waals surface area (Å²) in [5.74, 6) is -0.0886. The lowest BCUT2D eigenvalue weighted by molar-refractivity contribution is -0.0263. The lowest BCUT2D eigenvalue weighted by Crippen LogP contribution is -2.56. The highest BCUT2D eigenvalue weighted by molar-refractivity contribution is 7.10. The minimum atomic E-state index is -2.76. The molecule has 1 atom stereocenters. The Morgan fingerprint density at radius 3 is 2.62 bits per heavy atom. The smallest absolute Gasteiger partial charge is 0.320 e. The average molecular weight is 455 g/mol. The van der Waals surface area contributed by atoms with E-state index in [0.717, 1.165) is 11.1 Å². The van der Waals surface area contributed by atoms with E-state index in [1.54, 1.807) is 16.3 Å². The zero-order chi connectivity index (χ0) is 22.7. The number of anilines is 2. The molecule has 4 rings (SSSR count). The number of terminal acetylenes is 1. The second-order valence-electron chi connectivity index (χ2n) is 7.37. The van der Waals surface area contributed by atoms with Crippen molar-refractivity contribution in [2.75, 3.05) is 29.9 Å². The fraction of sp³-hybridized carbons (Fsp3) is 0.217. The molecular formula is C23H20F2N4O2S. The minimum Gasteiger partial charge on any atom is -0.394 e. The van der Waals surface area contributed by atoms with Gasteiger partial charge >= 0.3 is 6.03 Å². The largest absolute Gasteiger partial charge is 0.394 e. The maximum Gasteiger partial charge on any atom is 0.320 e. The standard InChI is InChI=1S/C23H20F2N4O2S/c1-2-21-27-20(12-32-21)28-22(31)26-18(11-30)17-9-8-16(15-6-4-3-5-7-15)10-19(17)29-13-23(24,25)14-29/h1,3-10,12,18,30H,11,13-14H2,(H2,26,28,31)/t18-/m0/s1. The Labute approximate surface area is 187 Å². The van der Waals surface area contributed by atoms with Crippen LogP contribution in [0.1, 0.15) is 16.6 Å². The molecule has 2 amide bonds. The van der Waals surface area contributed by atoms with E-state index in [2.05, 4.69) is 21.5 Å². The summed E-state index contributed by atoms with van der Waals surface area (Å²) in [6.45, 7) is -1.26. The second kappa shape index (κ2) is 8.94.